The first-order chi connectivity index (χ1) is 21.2. The van der Waals surface area contributed by atoms with Crippen molar-refractivity contribution >= 4 is 23.4 Å². The van der Waals surface area contributed by atoms with Gasteiger partial charge in [-0.1, -0.05) is 82.7 Å². The van der Waals surface area contributed by atoms with Gasteiger partial charge in [0.2, 0.25) is 0 Å². The number of rotatable bonds is 12. The van der Waals surface area contributed by atoms with Gasteiger partial charge in [0, 0.05) is 51.8 Å². The maximum atomic E-state index is 3.77. The second kappa shape index (κ2) is 13.7. The van der Waals surface area contributed by atoms with Crippen LogP contribution >= 0.6 is 0 Å². The zero-order valence-electron chi connectivity index (χ0n) is 25.7. The van der Waals surface area contributed by atoms with Crippen molar-refractivity contribution in [2.75, 3.05) is 13.1 Å². The number of aromatic amines is 4. The highest BCUT2D eigenvalue weighted by atomic mass is 15.1. The van der Waals surface area contributed by atoms with Crippen LogP contribution in [0.1, 0.15) is 93.6 Å². The van der Waals surface area contributed by atoms with Gasteiger partial charge in [0.15, 0.2) is 0 Å². The molecule has 0 unspecified atom stereocenters. The second-order valence-corrected chi connectivity index (χ2v) is 11.8. The van der Waals surface area contributed by atoms with Crippen LogP contribution in [-0.2, 0) is 0 Å². The Balaban J connectivity index is 1.50. The third kappa shape index (κ3) is 6.83. The van der Waals surface area contributed by atoms with Crippen molar-refractivity contribution in [3.8, 4) is 0 Å². The summed E-state index contributed by atoms with van der Waals surface area (Å²) in [5, 5.41) is 4.40. The highest BCUT2D eigenvalue weighted by Gasteiger charge is 2.16. The van der Waals surface area contributed by atoms with Crippen LogP contribution in [0, 0.1) is 0 Å². The van der Waals surface area contributed by atoms with Crippen molar-refractivity contribution in [3.63, 3.8) is 0 Å². The summed E-state index contributed by atoms with van der Waals surface area (Å²) in [7, 11) is 0. The highest BCUT2D eigenvalue weighted by molar-refractivity contribution is 5.78. The van der Waals surface area contributed by atoms with Crippen molar-refractivity contribution in [3.05, 3.63) is 129 Å². The van der Waals surface area contributed by atoms with Gasteiger partial charge in [-0.05, 0) is 79.1 Å². The first kappa shape index (κ1) is 28.7. The maximum Gasteiger partial charge on any atom is 0.0844 e. The van der Waals surface area contributed by atoms with E-state index in [-0.39, 0.29) is 0 Å². The van der Waals surface area contributed by atoms with Crippen LogP contribution in [0.2, 0.25) is 0 Å². The number of aromatic nitrogens is 4. The summed E-state index contributed by atoms with van der Waals surface area (Å²) in [5.74, 6) is 0. The number of nitrogens with zero attached hydrogens (tertiary/aromatic N) is 1. The van der Waals surface area contributed by atoms with Crippen molar-refractivity contribution in [1.82, 2.24) is 24.8 Å². The number of nitrogens with one attached hydrogen (secondary N) is 4. The summed E-state index contributed by atoms with van der Waals surface area (Å²) in [6.45, 7) is 6.70. The molecule has 1 aliphatic rings. The molecule has 5 heterocycles. The number of unbranched alkanes of at least 4 members (excludes halogenated alkanes) is 6. The van der Waals surface area contributed by atoms with Crippen LogP contribution in [0.5, 0.6) is 0 Å². The Morgan fingerprint density at radius 2 is 1.09 bits per heavy atom. The number of benzene rings is 1. The summed E-state index contributed by atoms with van der Waals surface area (Å²) < 4.78 is 0. The molecule has 5 aromatic rings. The number of hydrogen-bond donors (Lipinski definition) is 4. The van der Waals surface area contributed by atoms with Gasteiger partial charge in [0.25, 0.3) is 0 Å². The van der Waals surface area contributed by atoms with E-state index >= 15 is 0 Å². The van der Waals surface area contributed by atoms with E-state index in [1.54, 1.807) is 0 Å². The molecule has 0 atom stereocenters. The molecule has 43 heavy (non-hydrogen) atoms. The Kier molecular flexibility index (Phi) is 9.17. The molecule has 0 spiro atoms. The van der Waals surface area contributed by atoms with Crippen LogP contribution in [0.25, 0.3) is 23.4 Å². The minimum absolute atomic E-state index is 1.07. The minimum atomic E-state index is 1.07. The fraction of sp³-hybridized carbons (Fsp3) is 0.316. The van der Waals surface area contributed by atoms with Gasteiger partial charge in [-0.3, -0.25) is 0 Å². The van der Waals surface area contributed by atoms with E-state index in [9.17, 15) is 0 Å². The Morgan fingerprint density at radius 1 is 0.512 bits per heavy atom. The second-order valence-electron chi connectivity index (χ2n) is 11.8. The molecule has 0 radical (unpaired) electrons. The predicted molar refractivity (Wildman–Crippen MR) is 179 cm³/mol. The van der Waals surface area contributed by atoms with Crippen molar-refractivity contribution in [2.45, 2.75) is 65.2 Å². The molecule has 6 rings (SSSR count). The van der Waals surface area contributed by atoms with Crippen LogP contribution in [0.15, 0.2) is 78.9 Å². The average molecular weight is 572 g/mol. The lowest BCUT2D eigenvalue weighted by molar-refractivity contribution is 0.366. The number of H-pyrrole nitrogens is 4. The zero-order valence-corrected chi connectivity index (χ0v) is 25.7. The lowest BCUT2D eigenvalue weighted by atomic mass is 10.0. The van der Waals surface area contributed by atoms with E-state index in [0.717, 1.165) is 62.8 Å². The average Bonchev–Trinajstić information content (AvgIpc) is 3.84. The lowest BCUT2D eigenvalue weighted by Crippen LogP contribution is -2.31. The van der Waals surface area contributed by atoms with Gasteiger partial charge in [0.1, 0.15) is 0 Å². The minimum Gasteiger partial charge on any atom is -0.368 e. The van der Waals surface area contributed by atoms with Crippen LogP contribution in [0.3, 0.4) is 0 Å². The Morgan fingerprint density at radius 3 is 1.74 bits per heavy atom. The molecule has 4 aromatic heterocycles. The van der Waals surface area contributed by atoms with Crippen LogP contribution in [-0.4, -0.2) is 37.9 Å². The predicted octanol–water partition coefficient (Wildman–Crippen LogP) is 5.84. The summed E-state index contributed by atoms with van der Waals surface area (Å²) in [5.41, 5.74) is 8.00. The van der Waals surface area contributed by atoms with Crippen LogP contribution < -0.4 is 21.4 Å². The normalized spacial score (nSPS) is 12.7. The first-order valence-corrected chi connectivity index (χ1v) is 16.2. The fourth-order valence-electron chi connectivity index (χ4n) is 6.23. The fourth-order valence-corrected chi connectivity index (χ4v) is 6.23. The molecule has 222 valence electrons. The molecular weight excluding hydrogens is 526 g/mol. The highest BCUT2D eigenvalue weighted by Crippen LogP contribution is 2.21. The van der Waals surface area contributed by atoms with E-state index in [0.29, 0.717) is 0 Å². The van der Waals surface area contributed by atoms with Gasteiger partial charge < -0.3 is 24.8 Å². The smallest absolute Gasteiger partial charge is 0.0844 e. The van der Waals surface area contributed by atoms with Gasteiger partial charge in [-0.15, -0.1) is 0 Å². The maximum absolute atomic E-state index is 3.77. The standard InChI is InChI=1S/C38H45N5/c1-3-5-7-12-24-43(25-13-8-6-4-2)38-35-22-18-31(41-35)26-29-16-20-33(39-29)37(28-14-10-9-11-15-28)34-21-17-30(40-34)27-32-19-23-36(38)42-32/h9-11,14-23,26-27,39-42H,3-8,12-13,24-25H2,1-2H3. The Hall–Kier alpha value is -4.38. The van der Waals surface area contributed by atoms with E-state index < -0.39 is 0 Å². The van der Waals surface area contributed by atoms with E-state index in [4.69, 9.17) is 0 Å². The van der Waals surface area contributed by atoms with E-state index in [1.165, 1.54) is 62.6 Å². The SMILES string of the molecule is CCCCCCN(CCCCCC)C1=c2ccc([nH]2)=Cc2ccc([nH]2)C(c2ccccc2)=c2ccc([nH]2)=Cc2ccc1[nH]2. The molecule has 1 aromatic carbocycles. The molecule has 5 heteroatoms. The molecule has 0 amide bonds. The molecule has 5 nitrogen and oxygen atoms in total. The molecular formula is C38H45N5. The zero-order chi connectivity index (χ0) is 29.4. The van der Waals surface area contributed by atoms with Crippen molar-refractivity contribution in [2.24, 2.45) is 0 Å². The summed E-state index contributed by atoms with van der Waals surface area (Å²) in [4.78, 5) is 17.6. The summed E-state index contributed by atoms with van der Waals surface area (Å²) >= 11 is 0. The quantitative estimate of drug-likeness (QED) is 0.140. The Labute approximate surface area is 254 Å². The molecule has 4 N–H and O–H groups in total. The molecule has 0 saturated heterocycles. The third-order valence-corrected chi connectivity index (χ3v) is 8.45. The summed E-state index contributed by atoms with van der Waals surface area (Å²) in [6, 6.07) is 28.2. The van der Waals surface area contributed by atoms with Gasteiger partial charge in [-0.25, -0.2) is 0 Å². The first-order valence-electron chi connectivity index (χ1n) is 16.2. The topological polar surface area (TPSA) is 66.4 Å². The molecule has 1 aliphatic heterocycles. The van der Waals surface area contributed by atoms with Crippen molar-refractivity contribution < 1.29 is 0 Å². The third-order valence-electron chi connectivity index (χ3n) is 8.45. The molecule has 0 fully saturated rings. The molecule has 0 saturated carbocycles. The van der Waals surface area contributed by atoms with Crippen molar-refractivity contribution in [1.29, 1.82) is 0 Å². The van der Waals surface area contributed by atoms with E-state index in [2.05, 4.69) is 130 Å². The summed E-state index contributed by atoms with van der Waals surface area (Å²) in [6.07, 6.45) is 14.5. The lowest BCUT2D eigenvalue weighted by Gasteiger charge is -2.27. The number of hydrogen-bond acceptors (Lipinski definition) is 1. The van der Waals surface area contributed by atoms with E-state index in [1.807, 2.05) is 0 Å². The largest absolute Gasteiger partial charge is 0.368 e. The van der Waals surface area contributed by atoms with Gasteiger partial charge >= 0.3 is 0 Å². The monoisotopic (exact) mass is 571 g/mol. The van der Waals surface area contributed by atoms with Gasteiger partial charge in [-0.2, -0.15) is 0 Å². The molecule has 8 bridgehead atoms. The Bertz CT molecular complexity index is 1850. The molecule has 0 aliphatic carbocycles. The van der Waals surface area contributed by atoms with Gasteiger partial charge in [0.05, 0.1) is 16.7 Å². The van der Waals surface area contributed by atoms with Crippen LogP contribution in [0.4, 0.5) is 0 Å². The number of fused-ring (bicyclic) bond motifs is 8.